The van der Waals surface area contributed by atoms with Crippen LogP contribution in [0.25, 0.3) is 0 Å². The number of ketones is 1. The van der Waals surface area contributed by atoms with Crippen molar-refractivity contribution in [3.05, 3.63) is 0 Å². The van der Waals surface area contributed by atoms with E-state index in [4.69, 9.17) is 5.73 Å². The van der Waals surface area contributed by atoms with Gasteiger partial charge in [0.25, 0.3) is 0 Å². The summed E-state index contributed by atoms with van der Waals surface area (Å²) in [5, 5.41) is 0. The molecule has 2 N–H and O–H groups in total. The molecule has 2 nitrogen and oxygen atoms in total. The predicted molar refractivity (Wildman–Crippen MR) is 75.4 cm³/mol. The molecule has 0 saturated heterocycles. The third kappa shape index (κ3) is 4.08. The molecule has 0 amide bonds. The number of Topliss-reactive ketones (excluding diaryl/α,β-unsaturated/α-hetero) is 1. The molecule has 2 atom stereocenters. The van der Waals surface area contributed by atoms with Gasteiger partial charge >= 0.3 is 0 Å². The molecule has 18 heavy (non-hydrogen) atoms. The number of hydrogen-bond donors (Lipinski definition) is 1. The van der Waals surface area contributed by atoms with E-state index in [0.29, 0.717) is 5.78 Å². The van der Waals surface area contributed by atoms with Gasteiger partial charge in [-0.15, -0.1) is 0 Å². The fourth-order valence-corrected chi connectivity index (χ4v) is 3.74. The number of nitrogens with two attached hydrogens (primary N) is 1. The van der Waals surface area contributed by atoms with Crippen molar-refractivity contribution in [1.29, 1.82) is 0 Å². The first-order chi connectivity index (χ1) is 8.77. The number of hydrogen-bond acceptors (Lipinski definition) is 2. The minimum absolute atomic E-state index is 0.145. The zero-order valence-corrected chi connectivity index (χ0v) is 11.7. The van der Waals surface area contributed by atoms with E-state index in [0.717, 1.165) is 31.6 Å². The lowest BCUT2D eigenvalue weighted by Gasteiger charge is -2.24. The van der Waals surface area contributed by atoms with Crippen LogP contribution >= 0.6 is 0 Å². The Hall–Kier alpha value is -0.370. The maximum Gasteiger partial charge on any atom is 0.137 e. The first kappa shape index (κ1) is 14.0. The van der Waals surface area contributed by atoms with Gasteiger partial charge in [-0.25, -0.2) is 0 Å². The summed E-state index contributed by atoms with van der Waals surface area (Å²) in [5.74, 6) is 1.47. The van der Waals surface area contributed by atoms with Crippen molar-refractivity contribution in [2.45, 2.75) is 83.1 Å². The monoisotopic (exact) mass is 251 g/mol. The highest BCUT2D eigenvalue weighted by Crippen LogP contribution is 2.29. The van der Waals surface area contributed by atoms with Crippen molar-refractivity contribution >= 4 is 5.78 Å². The van der Waals surface area contributed by atoms with Crippen LogP contribution in [0.15, 0.2) is 0 Å². The quantitative estimate of drug-likeness (QED) is 0.772. The molecule has 2 saturated carbocycles. The van der Waals surface area contributed by atoms with Gasteiger partial charge in [-0.3, -0.25) is 4.79 Å². The van der Waals surface area contributed by atoms with Gasteiger partial charge in [0.15, 0.2) is 0 Å². The van der Waals surface area contributed by atoms with Gasteiger partial charge in [0, 0.05) is 18.4 Å². The Balaban J connectivity index is 1.75. The van der Waals surface area contributed by atoms with Crippen LogP contribution in [0.3, 0.4) is 0 Å². The number of carbonyl (C=O) groups excluding carboxylic acids is 1. The van der Waals surface area contributed by atoms with Crippen LogP contribution in [0.5, 0.6) is 0 Å². The zero-order valence-electron chi connectivity index (χ0n) is 11.7. The van der Waals surface area contributed by atoms with Gasteiger partial charge in [0.1, 0.15) is 5.78 Å². The topological polar surface area (TPSA) is 43.1 Å². The average molecular weight is 251 g/mol. The van der Waals surface area contributed by atoms with Crippen LogP contribution in [-0.2, 0) is 4.79 Å². The van der Waals surface area contributed by atoms with E-state index in [1.54, 1.807) is 0 Å². The Morgan fingerprint density at radius 2 is 1.50 bits per heavy atom. The molecule has 0 aromatic rings. The summed E-state index contributed by atoms with van der Waals surface area (Å²) in [6.07, 6.45) is 14.6. The molecule has 0 heterocycles. The van der Waals surface area contributed by atoms with E-state index in [9.17, 15) is 4.79 Å². The van der Waals surface area contributed by atoms with E-state index in [2.05, 4.69) is 0 Å². The Labute approximate surface area is 112 Å². The maximum absolute atomic E-state index is 12.3. The molecule has 104 valence electrons. The van der Waals surface area contributed by atoms with Crippen molar-refractivity contribution in [3.8, 4) is 0 Å². The van der Waals surface area contributed by atoms with Crippen LogP contribution in [0, 0.1) is 11.8 Å². The smallest absolute Gasteiger partial charge is 0.137 e. The molecular formula is C16H29NO. The molecule has 2 rings (SSSR count). The standard InChI is InChI=1S/C16H29NO/c17-15-10-6-2-5-9-14(15)16(18)12-11-13-7-3-1-4-8-13/h13-15H,1-12,17H2. The second-order valence-electron chi connectivity index (χ2n) is 6.42. The van der Waals surface area contributed by atoms with Crippen molar-refractivity contribution < 1.29 is 4.79 Å². The van der Waals surface area contributed by atoms with Gasteiger partial charge in [0.05, 0.1) is 0 Å². The van der Waals surface area contributed by atoms with Gasteiger partial charge < -0.3 is 5.73 Å². The summed E-state index contributed by atoms with van der Waals surface area (Å²) in [4.78, 5) is 12.3. The van der Waals surface area contributed by atoms with Crippen molar-refractivity contribution in [2.24, 2.45) is 17.6 Å². The molecule has 2 aliphatic rings. The van der Waals surface area contributed by atoms with Crippen LogP contribution in [-0.4, -0.2) is 11.8 Å². The fraction of sp³-hybridized carbons (Fsp3) is 0.938. The zero-order chi connectivity index (χ0) is 12.8. The number of rotatable bonds is 4. The second kappa shape index (κ2) is 7.28. The largest absolute Gasteiger partial charge is 0.327 e. The Kier molecular flexibility index (Phi) is 5.68. The lowest BCUT2D eigenvalue weighted by atomic mass is 9.83. The van der Waals surface area contributed by atoms with Crippen LogP contribution in [0.2, 0.25) is 0 Å². The van der Waals surface area contributed by atoms with Crippen molar-refractivity contribution in [2.75, 3.05) is 0 Å². The molecule has 0 radical (unpaired) electrons. The van der Waals surface area contributed by atoms with Gasteiger partial charge in [0.2, 0.25) is 0 Å². The second-order valence-corrected chi connectivity index (χ2v) is 6.42. The summed E-state index contributed by atoms with van der Waals surface area (Å²) < 4.78 is 0. The Bertz CT molecular complexity index is 258. The Morgan fingerprint density at radius 1 is 0.889 bits per heavy atom. The summed E-state index contributed by atoms with van der Waals surface area (Å²) in [6.45, 7) is 0. The Morgan fingerprint density at radius 3 is 2.22 bits per heavy atom. The highest BCUT2D eigenvalue weighted by atomic mass is 16.1. The summed E-state index contributed by atoms with van der Waals surface area (Å²) in [7, 11) is 0. The van der Waals surface area contributed by atoms with Gasteiger partial charge in [-0.2, -0.15) is 0 Å². The molecule has 0 spiro atoms. The van der Waals surface area contributed by atoms with Gasteiger partial charge in [-0.05, 0) is 25.2 Å². The maximum atomic E-state index is 12.3. The van der Waals surface area contributed by atoms with Crippen LogP contribution < -0.4 is 5.73 Å². The predicted octanol–water partition coefficient (Wildman–Crippen LogP) is 3.82. The first-order valence-electron chi connectivity index (χ1n) is 8.05. The first-order valence-corrected chi connectivity index (χ1v) is 8.05. The molecule has 2 fully saturated rings. The third-order valence-corrected chi connectivity index (χ3v) is 5.01. The molecule has 0 bridgehead atoms. The van der Waals surface area contributed by atoms with Crippen LogP contribution in [0.4, 0.5) is 0 Å². The summed E-state index contributed by atoms with van der Waals surface area (Å²) in [5.41, 5.74) is 6.17. The lowest BCUT2D eigenvalue weighted by Crippen LogP contribution is -2.34. The summed E-state index contributed by atoms with van der Waals surface area (Å²) >= 11 is 0. The molecule has 0 aromatic carbocycles. The average Bonchev–Trinajstić information content (AvgIpc) is 2.62. The minimum Gasteiger partial charge on any atom is -0.327 e. The van der Waals surface area contributed by atoms with Crippen molar-refractivity contribution in [1.82, 2.24) is 0 Å². The summed E-state index contributed by atoms with van der Waals surface area (Å²) in [6, 6.07) is 0.145. The minimum atomic E-state index is 0.145. The third-order valence-electron chi connectivity index (χ3n) is 5.01. The lowest BCUT2D eigenvalue weighted by molar-refractivity contribution is -0.124. The fourth-order valence-electron chi connectivity index (χ4n) is 3.74. The molecule has 0 aliphatic heterocycles. The van der Waals surface area contributed by atoms with E-state index in [1.165, 1.54) is 51.4 Å². The highest BCUT2D eigenvalue weighted by molar-refractivity contribution is 5.81. The molecule has 0 aromatic heterocycles. The van der Waals surface area contributed by atoms with E-state index >= 15 is 0 Å². The van der Waals surface area contributed by atoms with E-state index < -0.39 is 0 Å². The van der Waals surface area contributed by atoms with Gasteiger partial charge in [-0.1, -0.05) is 51.4 Å². The number of carbonyl (C=O) groups is 1. The molecule has 2 aliphatic carbocycles. The highest BCUT2D eigenvalue weighted by Gasteiger charge is 2.27. The van der Waals surface area contributed by atoms with Crippen molar-refractivity contribution in [3.63, 3.8) is 0 Å². The molecular weight excluding hydrogens is 222 g/mol. The van der Waals surface area contributed by atoms with E-state index in [1.807, 2.05) is 0 Å². The van der Waals surface area contributed by atoms with E-state index in [-0.39, 0.29) is 12.0 Å². The molecule has 2 heteroatoms. The molecule has 2 unspecified atom stereocenters. The van der Waals surface area contributed by atoms with Crippen LogP contribution in [0.1, 0.15) is 77.0 Å². The SMILES string of the molecule is NC1CCCCCC1C(=O)CCC1CCCCC1. The normalized spacial score (nSPS) is 30.9.